The van der Waals surface area contributed by atoms with Crippen molar-refractivity contribution >= 4 is 12.0 Å². The van der Waals surface area contributed by atoms with Crippen LogP contribution < -0.4 is 10.2 Å². The average molecular weight is 341 g/mol. The second-order valence-electron chi connectivity index (χ2n) is 5.88. The van der Waals surface area contributed by atoms with Crippen molar-refractivity contribution in [2.45, 2.75) is 13.2 Å². The van der Waals surface area contributed by atoms with Crippen molar-refractivity contribution in [2.75, 3.05) is 38.2 Å². The highest BCUT2D eigenvalue weighted by Crippen LogP contribution is 2.12. The number of nitrogens with one attached hydrogen (secondary N) is 1. The molecular weight excluding hydrogens is 318 g/mol. The summed E-state index contributed by atoms with van der Waals surface area (Å²) < 4.78 is 5.21. The van der Waals surface area contributed by atoms with E-state index in [0.717, 1.165) is 30.2 Å². The van der Waals surface area contributed by atoms with Crippen LogP contribution in [0.15, 0.2) is 42.7 Å². The van der Waals surface area contributed by atoms with Gasteiger partial charge in [0.25, 0.3) is 0 Å². The smallest absolute Gasteiger partial charge is 0.317 e. The molecule has 2 heterocycles. The first kappa shape index (κ1) is 17.2. The molecule has 7 heteroatoms. The molecule has 7 nitrogen and oxygen atoms in total. The number of nitrogens with zero attached hydrogens (tertiary/aromatic N) is 4. The zero-order valence-corrected chi connectivity index (χ0v) is 14.4. The van der Waals surface area contributed by atoms with Crippen molar-refractivity contribution in [1.29, 1.82) is 0 Å². The molecule has 1 N–H and O–H groups in total. The van der Waals surface area contributed by atoms with Gasteiger partial charge >= 0.3 is 6.03 Å². The van der Waals surface area contributed by atoms with Crippen LogP contribution in [0.1, 0.15) is 11.1 Å². The van der Waals surface area contributed by atoms with Gasteiger partial charge in [0.05, 0.1) is 6.61 Å². The first-order valence-electron chi connectivity index (χ1n) is 8.38. The highest BCUT2D eigenvalue weighted by Gasteiger charge is 2.22. The number of amides is 2. The van der Waals surface area contributed by atoms with Crippen LogP contribution in [-0.2, 0) is 17.9 Å². The number of hydrogen-bond donors (Lipinski definition) is 1. The lowest BCUT2D eigenvalue weighted by Gasteiger charge is -2.34. The first-order valence-corrected chi connectivity index (χ1v) is 8.38. The number of rotatable bonds is 5. The molecular formula is C18H23N5O2. The summed E-state index contributed by atoms with van der Waals surface area (Å²) >= 11 is 0. The molecule has 132 valence electrons. The number of hydrogen-bond acceptors (Lipinski definition) is 5. The van der Waals surface area contributed by atoms with E-state index in [0.29, 0.717) is 26.2 Å². The number of benzene rings is 1. The first-order chi connectivity index (χ1) is 12.3. The lowest BCUT2D eigenvalue weighted by molar-refractivity contribution is 0.183. The highest BCUT2D eigenvalue weighted by molar-refractivity contribution is 5.74. The minimum atomic E-state index is -0.0409. The van der Waals surface area contributed by atoms with Crippen molar-refractivity contribution in [3.8, 4) is 0 Å². The maximum absolute atomic E-state index is 12.4. The second-order valence-corrected chi connectivity index (χ2v) is 5.88. The molecule has 25 heavy (non-hydrogen) atoms. The molecule has 2 amide bonds. The van der Waals surface area contributed by atoms with Gasteiger partial charge in [-0.1, -0.05) is 24.3 Å². The van der Waals surface area contributed by atoms with Crippen LogP contribution in [0, 0.1) is 0 Å². The number of urea groups is 1. The van der Waals surface area contributed by atoms with E-state index >= 15 is 0 Å². The Labute approximate surface area is 147 Å². The van der Waals surface area contributed by atoms with Crippen molar-refractivity contribution in [3.05, 3.63) is 53.9 Å². The van der Waals surface area contributed by atoms with Crippen LogP contribution in [0.4, 0.5) is 10.7 Å². The number of methoxy groups -OCH3 is 1. The third-order valence-corrected chi connectivity index (χ3v) is 4.25. The van der Waals surface area contributed by atoms with Crippen molar-refractivity contribution < 1.29 is 9.53 Å². The lowest BCUT2D eigenvalue weighted by Crippen LogP contribution is -2.52. The normalized spacial score (nSPS) is 14.4. The quantitative estimate of drug-likeness (QED) is 0.895. The van der Waals surface area contributed by atoms with Crippen LogP contribution >= 0.6 is 0 Å². The summed E-state index contributed by atoms with van der Waals surface area (Å²) in [6, 6.07) is 9.74. The van der Waals surface area contributed by atoms with Gasteiger partial charge in [0.2, 0.25) is 5.95 Å². The Bertz CT molecular complexity index is 687. The molecule has 0 spiro atoms. The van der Waals surface area contributed by atoms with Gasteiger partial charge in [-0.2, -0.15) is 0 Å². The van der Waals surface area contributed by atoms with Gasteiger partial charge in [0, 0.05) is 52.2 Å². The van der Waals surface area contributed by atoms with Crippen LogP contribution in [0.5, 0.6) is 0 Å². The zero-order chi connectivity index (χ0) is 17.5. The molecule has 0 radical (unpaired) electrons. The van der Waals surface area contributed by atoms with E-state index in [9.17, 15) is 4.79 Å². The molecule has 1 fully saturated rings. The van der Waals surface area contributed by atoms with Crippen LogP contribution in [-0.4, -0.2) is 54.2 Å². The third-order valence-electron chi connectivity index (χ3n) is 4.25. The summed E-state index contributed by atoms with van der Waals surface area (Å²) in [4.78, 5) is 24.9. The van der Waals surface area contributed by atoms with Gasteiger partial charge in [-0.05, 0) is 17.2 Å². The molecule has 1 aliphatic heterocycles. The van der Waals surface area contributed by atoms with Crippen molar-refractivity contribution in [2.24, 2.45) is 0 Å². The van der Waals surface area contributed by atoms with Gasteiger partial charge in [-0.15, -0.1) is 0 Å². The van der Waals surface area contributed by atoms with Crippen molar-refractivity contribution in [3.63, 3.8) is 0 Å². The molecule has 1 aromatic heterocycles. The van der Waals surface area contributed by atoms with E-state index in [1.807, 2.05) is 29.2 Å². The Kier molecular flexibility index (Phi) is 5.79. The predicted octanol–water partition coefficient (Wildman–Crippen LogP) is 1.65. The topological polar surface area (TPSA) is 70.6 Å². The van der Waals surface area contributed by atoms with Gasteiger partial charge in [0.15, 0.2) is 0 Å². The SMILES string of the molecule is COCc1ccccc1CNC(=O)N1CCN(c2ncccn2)CC1. The van der Waals surface area contributed by atoms with E-state index in [1.165, 1.54) is 0 Å². The minimum Gasteiger partial charge on any atom is -0.380 e. The number of piperazine rings is 1. The lowest BCUT2D eigenvalue weighted by atomic mass is 10.1. The Morgan fingerprint density at radius 2 is 1.76 bits per heavy atom. The Hall–Kier alpha value is -2.67. The Morgan fingerprint density at radius 1 is 1.08 bits per heavy atom. The molecule has 3 rings (SSSR count). The van der Waals surface area contributed by atoms with E-state index in [-0.39, 0.29) is 6.03 Å². The van der Waals surface area contributed by atoms with E-state index in [4.69, 9.17) is 4.74 Å². The fourth-order valence-corrected chi connectivity index (χ4v) is 2.87. The number of anilines is 1. The van der Waals surface area contributed by atoms with E-state index in [1.54, 1.807) is 25.6 Å². The van der Waals surface area contributed by atoms with Gasteiger partial charge < -0.3 is 19.9 Å². The monoisotopic (exact) mass is 341 g/mol. The van der Waals surface area contributed by atoms with E-state index in [2.05, 4.69) is 20.2 Å². The van der Waals surface area contributed by atoms with Crippen LogP contribution in [0.3, 0.4) is 0 Å². The Balaban J connectivity index is 1.50. The van der Waals surface area contributed by atoms with Crippen molar-refractivity contribution in [1.82, 2.24) is 20.2 Å². The summed E-state index contributed by atoms with van der Waals surface area (Å²) in [6.45, 7) is 3.82. The summed E-state index contributed by atoms with van der Waals surface area (Å²) in [7, 11) is 1.67. The van der Waals surface area contributed by atoms with Gasteiger partial charge in [-0.25, -0.2) is 14.8 Å². The molecule has 0 aliphatic carbocycles. The largest absolute Gasteiger partial charge is 0.380 e. The molecule has 2 aromatic rings. The van der Waals surface area contributed by atoms with E-state index < -0.39 is 0 Å². The number of ether oxygens (including phenoxy) is 1. The average Bonchev–Trinajstić information content (AvgIpc) is 2.68. The zero-order valence-electron chi connectivity index (χ0n) is 14.4. The molecule has 0 saturated carbocycles. The highest BCUT2D eigenvalue weighted by atomic mass is 16.5. The number of aromatic nitrogens is 2. The molecule has 0 unspecified atom stereocenters. The van der Waals surface area contributed by atoms with Crippen LogP contribution in [0.25, 0.3) is 0 Å². The summed E-state index contributed by atoms with van der Waals surface area (Å²) in [5.74, 6) is 0.719. The molecule has 1 aliphatic rings. The summed E-state index contributed by atoms with van der Waals surface area (Å²) in [5, 5.41) is 3.00. The molecule has 0 atom stereocenters. The summed E-state index contributed by atoms with van der Waals surface area (Å²) in [6.07, 6.45) is 3.47. The number of carbonyl (C=O) groups excluding carboxylic acids is 1. The Morgan fingerprint density at radius 3 is 2.44 bits per heavy atom. The standard InChI is InChI=1S/C18H23N5O2/c1-25-14-16-6-3-2-5-15(16)13-21-18(24)23-11-9-22(10-12-23)17-19-7-4-8-20-17/h2-8H,9-14H2,1H3,(H,21,24). The molecule has 1 saturated heterocycles. The predicted molar refractivity (Wildman–Crippen MR) is 95.2 cm³/mol. The second kappa shape index (κ2) is 8.43. The maximum atomic E-state index is 12.4. The number of carbonyl (C=O) groups is 1. The van der Waals surface area contributed by atoms with Crippen LogP contribution in [0.2, 0.25) is 0 Å². The fourth-order valence-electron chi connectivity index (χ4n) is 2.87. The van der Waals surface area contributed by atoms with Gasteiger partial charge in [-0.3, -0.25) is 0 Å². The third kappa shape index (κ3) is 4.45. The molecule has 1 aromatic carbocycles. The van der Waals surface area contributed by atoms with Gasteiger partial charge in [0.1, 0.15) is 0 Å². The maximum Gasteiger partial charge on any atom is 0.317 e. The summed E-state index contributed by atoms with van der Waals surface area (Å²) in [5.41, 5.74) is 2.17. The minimum absolute atomic E-state index is 0.0409. The molecule has 0 bridgehead atoms. The fraction of sp³-hybridized carbons (Fsp3) is 0.389.